The summed E-state index contributed by atoms with van der Waals surface area (Å²) < 4.78 is 22.9. The van der Waals surface area contributed by atoms with E-state index in [2.05, 4.69) is 36.4 Å². The zero-order valence-electron chi connectivity index (χ0n) is 19.5. The molecule has 5 nitrogen and oxygen atoms in total. The summed E-state index contributed by atoms with van der Waals surface area (Å²) in [6.45, 7) is 1.40. The van der Waals surface area contributed by atoms with E-state index in [4.69, 9.17) is 9.47 Å². The van der Waals surface area contributed by atoms with E-state index in [0.717, 1.165) is 19.3 Å². The molecule has 0 aromatic heterocycles. The Morgan fingerprint density at radius 1 is 1.16 bits per heavy atom. The molecule has 1 aromatic carbocycles. The second kappa shape index (κ2) is 11.6. The predicted molar refractivity (Wildman–Crippen MR) is 128 cm³/mol. The van der Waals surface area contributed by atoms with Crippen LogP contribution in [0.3, 0.4) is 0 Å². The van der Waals surface area contributed by atoms with E-state index in [1.54, 1.807) is 14.2 Å². The fraction of sp³-hybridized carbons (Fsp3) is 0.577. The molecule has 1 aromatic rings. The number of unbranched alkanes of at least 4 members (excludes halogenated alkanes) is 1. The number of fused-ring (bicyclic) bond motifs is 1. The molecule has 2 aliphatic rings. The highest BCUT2D eigenvalue weighted by Crippen LogP contribution is 2.37. The Labute approximate surface area is 192 Å². The van der Waals surface area contributed by atoms with Gasteiger partial charge in [-0.25, -0.2) is 0 Å². The van der Waals surface area contributed by atoms with Crippen molar-refractivity contribution in [3.8, 4) is 0 Å². The topological polar surface area (TPSA) is 72.8 Å². The summed E-state index contributed by atoms with van der Waals surface area (Å²) in [5.74, 6) is 0.589. The largest absolute Gasteiger partial charge is 0.380 e. The number of carbonyl (C=O) groups is 1. The van der Waals surface area contributed by atoms with Crippen LogP contribution >= 0.6 is 7.37 Å². The Morgan fingerprint density at radius 3 is 2.44 bits per heavy atom. The summed E-state index contributed by atoms with van der Waals surface area (Å²) in [7, 11) is 0.492. The highest BCUT2D eigenvalue weighted by molar-refractivity contribution is 7.57. The molecular weight excluding hydrogens is 423 g/mol. The van der Waals surface area contributed by atoms with Gasteiger partial charge in [0.2, 0.25) is 0 Å². The monoisotopic (exact) mass is 460 g/mol. The second-order valence-electron chi connectivity index (χ2n) is 9.27. The zero-order chi connectivity index (χ0) is 23.1. The Bertz CT molecular complexity index is 846. The average Bonchev–Trinajstić information content (AvgIpc) is 3.31. The Kier molecular flexibility index (Phi) is 9.07. The smallest absolute Gasteiger partial charge is 0.197 e. The SMILES string of the molecule is COC(/C=C/[C@H]1C(OC)CC(=O)[C@@H]1C/C=C\CCCP(C)(=O)O)C1Cc2ccccc2C1. The van der Waals surface area contributed by atoms with Gasteiger partial charge in [0.25, 0.3) is 0 Å². The number of allylic oxidation sites excluding steroid dienone is 2. The van der Waals surface area contributed by atoms with E-state index in [0.29, 0.717) is 31.3 Å². The maximum Gasteiger partial charge on any atom is 0.197 e. The highest BCUT2D eigenvalue weighted by atomic mass is 31.2. The van der Waals surface area contributed by atoms with E-state index in [1.165, 1.54) is 17.8 Å². The molecule has 0 bridgehead atoms. The van der Waals surface area contributed by atoms with Gasteiger partial charge in [-0.2, -0.15) is 0 Å². The molecule has 1 fully saturated rings. The van der Waals surface area contributed by atoms with Gasteiger partial charge >= 0.3 is 0 Å². The normalized spacial score (nSPS) is 26.8. The minimum atomic E-state index is -2.94. The van der Waals surface area contributed by atoms with Crippen molar-refractivity contribution >= 4 is 13.2 Å². The molecule has 3 rings (SSSR count). The van der Waals surface area contributed by atoms with Crippen LogP contribution in [0.1, 0.15) is 36.8 Å². The van der Waals surface area contributed by atoms with Crippen molar-refractivity contribution in [1.29, 1.82) is 0 Å². The lowest BCUT2D eigenvalue weighted by Gasteiger charge is -2.22. The molecular formula is C26H37O5P. The first-order chi connectivity index (χ1) is 15.3. The van der Waals surface area contributed by atoms with Crippen LogP contribution < -0.4 is 0 Å². The minimum Gasteiger partial charge on any atom is -0.380 e. The average molecular weight is 461 g/mol. The molecule has 5 atom stereocenters. The molecule has 1 saturated carbocycles. The molecule has 0 saturated heterocycles. The van der Waals surface area contributed by atoms with E-state index < -0.39 is 7.37 Å². The van der Waals surface area contributed by atoms with Gasteiger partial charge in [0.05, 0.1) is 12.2 Å². The Hall–Kier alpha value is -1.52. The number of hydrogen-bond acceptors (Lipinski definition) is 4. The first-order valence-electron chi connectivity index (χ1n) is 11.6. The lowest BCUT2D eigenvalue weighted by atomic mass is 9.89. The molecule has 0 amide bonds. The molecule has 0 heterocycles. The second-order valence-corrected chi connectivity index (χ2v) is 11.8. The van der Waals surface area contributed by atoms with Crippen LogP contribution in [0.4, 0.5) is 0 Å². The summed E-state index contributed by atoms with van der Waals surface area (Å²) in [6.07, 6.45) is 13.2. The Balaban J connectivity index is 1.60. The summed E-state index contributed by atoms with van der Waals surface area (Å²) in [6, 6.07) is 8.58. The van der Waals surface area contributed by atoms with Gasteiger partial charge in [0.1, 0.15) is 5.78 Å². The predicted octanol–water partition coefficient (Wildman–Crippen LogP) is 4.82. The van der Waals surface area contributed by atoms with Crippen LogP contribution in [0.25, 0.3) is 0 Å². The van der Waals surface area contributed by atoms with Crippen LogP contribution in [0.15, 0.2) is 48.6 Å². The zero-order valence-corrected chi connectivity index (χ0v) is 20.4. The number of methoxy groups -OCH3 is 2. The van der Waals surface area contributed by atoms with Crippen molar-refractivity contribution in [2.24, 2.45) is 17.8 Å². The molecule has 6 heteroatoms. The van der Waals surface area contributed by atoms with E-state index >= 15 is 0 Å². The Morgan fingerprint density at radius 2 is 1.84 bits per heavy atom. The van der Waals surface area contributed by atoms with Crippen molar-refractivity contribution in [1.82, 2.24) is 0 Å². The van der Waals surface area contributed by atoms with Crippen LogP contribution in [-0.2, 0) is 31.7 Å². The summed E-state index contributed by atoms with van der Waals surface area (Å²) in [5.41, 5.74) is 2.81. The van der Waals surface area contributed by atoms with Crippen molar-refractivity contribution in [2.75, 3.05) is 27.0 Å². The lowest BCUT2D eigenvalue weighted by molar-refractivity contribution is -0.121. The van der Waals surface area contributed by atoms with Gasteiger partial charge in [-0.3, -0.25) is 9.36 Å². The van der Waals surface area contributed by atoms with Crippen LogP contribution in [-0.4, -0.2) is 49.9 Å². The number of benzene rings is 1. The van der Waals surface area contributed by atoms with E-state index in [9.17, 15) is 14.3 Å². The van der Waals surface area contributed by atoms with Crippen LogP contribution in [0.2, 0.25) is 0 Å². The third-order valence-electron chi connectivity index (χ3n) is 6.86. The van der Waals surface area contributed by atoms with Crippen LogP contribution in [0.5, 0.6) is 0 Å². The minimum absolute atomic E-state index is 0.00927. The standard InChI is InChI=1S/C26H37O5P/c1-30-25(21-16-19-10-7-8-11-20(19)17-21)14-13-23-22(24(27)18-26(23)31-2)12-6-4-5-9-15-32(3,28)29/h4,6-8,10-11,13-14,21-23,25-26H,5,9,12,15-18H2,1-3H3,(H,28,29)/b6-4-,14-13+/t22-,23-,25?,26?/m1/s1. The summed E-state index contributed by atoms with van der Waals surface area (Å²) >= 11 is 0. The maximum absolute atomic E-state index is 12.7. The van der Waals surface area contributed by atoms with Gasteiger partial charge in [0, 0.05) is 45.3 Å². The first-order valence-corrected chi connectivity index (χ1v) is 13.9. The molecule has 176 valence electrons. The number of rotatable bonds is 11. The molecule has 2 aliphatic carbocycles. The van der Waals surface area contributed by atoms with Crippen molar-refractivity contribution < 1.29 is 23.7 Å². The molecule has 1 N–H and O–H groups in total. The molecule has 0 spiro atoms. The summed E-state index contributed by atoms with van der Waals surface area (Å²) in [5, 5.41) is 0. The van der Waals surface area contributed by atoms with E-state index in [1.807, 2.05) is 12.2 Å². The number of Topliss-reactive ketones (excluding diaryl/α,β-unsaturated/α-hetero) is 1. The van der Waals surface area contributed by atoms with Gasteiger partial charge < -0.3 is 14.4 Å². The van der Waals surface area contributed by atoms with Crippen molar-refractivity contribution in [3.63, 3.8) is 0 Å². The van der Waals surface area contributed by atoms with Crippen LogP contribution in [0, 0.1) is 17.8 Å². The van der Waals surface area contributed by atoms with Gasteiger partial charge in [-0.1, -0.05) is 48.6 Å². The number of carbonyl (C=O) groups excluding carboxylic acids is 1. The molecule has 0 radical (unpaired) electrons. The summed E-state index contributed by atoms with van der Waals surface area (Å²) in [4.78, 5) is 22.1. The fourth-order valence-corrected chi connectivity index (χ4v) is 5.87. The number of ketones is 1. The number of hydrogen-bond donors (Lipinski definition) is 1. The molecule has 3 unspecified atom stereocenters. The lowest BCUT2D eigenvalue weighted by Crippen LogP contribution is -2.24. The van der Waals surface area contributed by atoms with Crippen molar-refractivity contribution in [2.45, 2.75) is 50.7 Å². The third-order valence-corrected chi connectivity index (χ3v) is 8.00. The highest BCUT2D eigenvalue weighted by Gasteiger charge is 2.40. The maximum atomic E-state index is 12.7. The van der Waals surface area contributed by atoms with E-state index in [-0.39, 0.29) is 29.8 Å². The molecule has 0 aliphatic heterocycles. The first kappa shape index (κ1) is 25.1. The van der Waals surface area contributed by atoms with Gasteiger partial charge in [0.15, 0.2) is 7.37 Å². The fourth-order valence-electron chi connectivity index (χ4n) is 5.10. The number of ether oxygens (including phenoxy) is 2. The molecule has 32 heavy (non-hydrogen) atoms. The quantitative estimate of drug-likeness (QED) is 0.291. The van der Waals surface area contributed by atoms with Gasteiger partial charge in [-0.05, 0) is 49.1 Å². The van der Waals surface area contributed by atoms with Gasteiger partial charge in [-0.15, -0.1) is 0 Å². The third kappa shape index (κ3) is 6.74. The van der Waals surface area contributed by atoms with Crippen molar-refractivity contribution in [3.05, 3.63) is 59.7 Å².